The third-order valence-corrected chi connectivity index (χ3v) is 14.9. The first-order valence-corrected chi connectivity index (χ1v) is 27.7. The zero-order valence-electron chi connectivity index (χ0n) is 41.8. The lowest BCUT2D eigenvalue weighted by atomic mass is 10.2. The van der Waals surface area contributed by atoms with Crippen LogP contribution in [-0.2, 0) is 42.0 Å². The van der Waals surface area contributed by atoms with Crippen molar-refractivity contribution in [3.63, 3.8) is 0 Å². The van der Waals surface area contributed by atoms with E-state index in [4.69, 9.17) is 27.2 Å². The number of halogens is 3. The molecule has 0 aliphatic rings. The van der Waals surface area contributed by atoms with Crippen LogP contribution in [0.1, 0.15) is 67.9 Å². The van der Waals surface area contributed by atoms with Crippen LogP contribution in [0.15, 0.2) is 222 Å². The minimum atomic E-state index is -6.09. The molecule has 384 valence electrons. The van der Waals surface area contributed by atoms with Crippen molar-refractivity contribution in [2.24, 2.45) is 0 Å². The summed E-state index contributed by atoms with van der Waals surface area (Å²) in [4.78, 5) is 7.60. The Morgan fingerprint density at radius 3 is 0.792 bits per heavy atom. The summed E-state index contributed by atoms with van der Waals surface area (Å²) in [5, 5.41) is 0. The summed E-state index contributed by atoms with van der Waals surface area (Å²) in [6, 6.07) is 63.3. The molecule has 7 rings (SSSR count). The van der Waals surface area contributed by atoms with Crippen LogP contribution >= 0.6 is 0 Å². The van der Waals surface area contributed by atoms with Crippen molar-refractivity contribution < 1.29 is 53.3 Å². The van der Waals surface area contributed by atoms with Gasteiger partial charge in [-0.1, -0.05) is 72.3 Å². The average Bonchev–Trinajstić information content (AvgIpc) is 3.28. The van der Waals surface area contributed by atoms with Crippen LogP contribution in [0.5, 0.6) is 17.2 Å². The van der Waals surface area contributed by atoms with Gasteiger partial charge in [-0.15, -0.1) is 0 Å². The van der Waals surface area contributed by atoms with Gasteiger partial charge in [0.25, 0.3) is 0 Å². The van der Waals surface area contributed by atoms with E-state index in [1.807, 2.05) is 6.92 Å². The summed E-state index contributed by atoms with van der Waals surface area (Å²) in [6.45, 7) is 20.4. The predicted molar refractivity (Wildman–Crippen MR) is 279 cm³/mol. The van der Waals surface area contributed by atoms with Gasteiger partial charge in [-0.25, -0.2) is 16.8 Å². The third-order valence-electron chi connectivity index (χ3n) is 8.98. The van der Waals surface area contributed by atoms with Crippen molar-refractivity contribution in [2.75, 3.05) is 0 Å². The normalized spacial score (nSPS) is 12.0. The van der Waals surface area contributed by atoms with Crippen LogP contribution in [0.4, 0.5) is 13.2 Å². The summed E-state index contributed by atoms with van der Waals surface area (Å²) in [7, 11) is -10.7. The standard InChI is InChI=1S/C30H39O3S.C18H15S.C7H8O3S.CHF3O3S/c1-28(2,3)31-22-10-16-25(17-11-22)34(26-18-12-23(13-19-26)32-29(4,5)6)27-20-14-24(15-21-27)33-30(7,8)9;1-4-10-16(11-5-1)19(17-12-6-2-7-13-17)18-14-8-3-9-15-18;1-6-2-4-7(5-3-6)11(8,9)10;2-1(3,4)8(5,6)7/h10-21H,1-9H3;1-15H;2-5H,1H3,(H,8,9,10);(H,5,6,7)/q2*+1;;/p-2. The Kier molecular flexibility index (Phi) is 20.6. The van der Waals surface area contributed by atoms with Gasteiger partial charge in [-0.05, 0) is 191 Å². The second-order valence-corrected chi connectivity index (χ2v) is 25.6. The molecular weight excluding hydrogens is 1000 g/mol. The molecule has 7 aromatic rings. The summed E-state index contributed by atoms with van der Waals surface area (Å²) in [5.41, 5.74) is -5.40. The van der Waals surface area contributed by atoms with Crippen LogP contribution in [0.25, 0.3) is 0 Å². The van der Waals surface area contributed by atoms with Gasteiger partial charge in [0.1, 0.15) is 44.2 Å². The van der Waals surface area contributed by atoms with Crippen LogP contribution in [0.2, 0.25) is 0 Å². The van der Waals surface area contributed by atoms with E-state index in [-0.39, 0.29) is 43.5 Å². The highest BCUT2D eigenvalue weighted by Gasteiger charge is 2.37. The van der Waals surface area contributed by atoms with Crippen molar-refractivity contribution in [1.29, 1.82) is 0 Å². The van der Waals surface area contributed by atoms with Crippen molar-refractivity contribution >= 4 is 42.0 Å². The number of rotatable bonds is 10. The molecule has 0 unspecified atom stereocenters. The van der Waals surface area contributed by atoms with E-state index in [2.05, 4.69) is 226 Å². The molecule has 16 heteroatoms. The van der Waals surface area contributed by atoms with Crippen molar-refractivity contribution in [1.82, 2.24) is 0 Å². The Balaban J connectivity index is 0.000000245. The molecule has 0 saturated carbocycles. The van der Waals surface area contributed by atoms with Crippen molar-refractivity contribution in [2.45, 2.75) is 126 Å². The van der Waals surface area contributed by atoms with Gasteiger partial charge >= 0.3 is 5.51 Å². The van der Waals surface area contributed by atoms with E-state index in [0.29, 0.717) is 0 Å². The molecular formula is C56H61F3O9S4. The first-order valence-electron chi connectivity index (χ1n) is 22.4. The van der Waals surface area contributed by atoms with Gasteiger partial charge in [0, 0.05) is 0 Å². The lowest BCUT2D eigenvalue weighted by Gasteiger charge is -2.22. The summed E-state index contributed by atoms with van der Waals surface area (Å²) in [5.74, 6) is 2.63. The van der Waals surface area contributed by atoms with E-state index >= 15 is 0 Å². The van der Waals surface area contributed by atoms with E-state index < -0.39 is 25.7 Å². The summed E-state index contributed by atoms with van der Waals surface area (Å²) >= 11 is 0. The van der Waals surface area contributed by atoms with Crippen LogP contribution in [0.3, 0.4) is 0 Å². The molecule has 0 aliphatic carbocycles. The number of ether oxygens (including phenoxy) is 3. The number of alkyl halides is 3. The number of benzene rings is 7. The maximum atomic E-state index is 10.7. The summed E-state index contributed by atoms with van der Waals surface area (Å²) in [6.07, 6.45) is 0. The minimum Gasteiger partial charge on any atom is -0.744 e. The maximum Gasteiger partial charge on any atom is 0.485 e. The second-order valence-electron chi connectivity index (χ2n) is 18.8. The SMILES string of the molecule is CC(C)(C)Oc1ccc([S+](c2ccc(OC(C)(C)C)cc2)c2ccc(OC(C)(C)C)cc2)cc1.Cc1ccc(S(=O)(=O)[O-])cc1.O=S(=O)([O-])C(F)(F)F.c1ccc([S+](c2ccccc2)c2ccccc2)cc1. The van der Waals surface area contributed by atoms with Gasteiger partial charge in [0.15, 0.2) is 39.5 Å². The molecule has 7 aromatic carbocycles. The van der Waals surface area contributed by atoms with E-state index in [9.17, 15) is 26.1 Å². The fraction of sp³-hybridized carbons (Fsp3) is 0.250. The Hall–Kier alpha value is -5.75. The van der Waals surface area contributed by atoms with E-state index in [0.717, 1.165) is 22.8 Å². The first-order chi connectivity index (χ1) is 33.4. The molecule has 0 aliphatic heterocycles. The zero-order chi connectivity index (χ0) is 53.5. The van der Waals surface area contributed by atoms with Crippen molar-refractivity contribution in [3.05, 3.63) is 194 Å². The fourth-order valence-corrected chi connectivity index (χ4v) is 10.8. The largest absolute Gasteiger partial charge is 0.744 e. The number of hydrogen-bond acceptors (Lipinski definition) is 9. The highest BCUT2D eigenvalue weighted by atomic mass is 32.2. The Morgan fingerprint density at radius 2 is 0.597 bits per heavy atom. The second kappa shape index (κ2) is 25.3. The lowest BCUT2D eigenvalue weighted by molar-refractivity contribution is -0.0518. The zero-order valence-corrected chi connectivity index (χ0v) is 45.1. The van der Waals surface area contributed by atoms with Crippen molar-refractivity contribution in [3.8, 4) is 17.2 Å². The topological polar surface area (TPSA) is 142 Å². The molecule has 0 radical (unpaired) electrons. The van der Waals surface area contributed by atoms with Gasteiger partial charge in [0.05, 0.1) is 26.7 Å². The lowest BCUT2D eigenvalue weighted by Crippen LogP contribution is -2.23. The van der Waals surface area contributed by atoms with Gasteiger partial charge in [0.2, 0.25) is 0 Å². The Labute approximate surface area is 429 Å². The number of aryl methyl sites for hydroxylation is 1. The molecule has 0 N–H and O–H groups in total. The maximum absolute atomic E-state index is 10.7. The van der Waals surface area contributed by atoms with Gasteiger partial charge in [-0.3, -0.25) is 0 Å². The fourth-order valence-electron chi connectivity index (χ4n) is 6.18. The molecule has 0 saturated heterocycles. The van der Waals surface area contributed by atoms with Crippen LogP contribution in [-0.4, -0.2) is 48.3 Å². The Bertz CT molecular complexity index is 2700. The first kappa shape index (κ1) is 58.8. The predicted octanol–water partition coefficient (Wildman–Crippen LogP) is 14.0. The highest BCUT2D eigenvalue weighted by molar-refractivity contribution is 7.97. The monoisotopic (exact) mass is 1060 g/mol. The minimum absolute atomic E-state index is 0.0146. The molecule has 0 amide bonds. The average molecular weight is 1060 g/mol. The third kappa shape index (κ3) is 20.4. The number of hydrogen-bond donors (Lipinski definition) is 0. The summed E-state index contributed by atoms with van der Waals surface area (Å²) < 4.78 is 108. The Morgan fingerprint density at radius 1 is 0.375 bits per heavy atom. The molecule has 0 fully saturated rings. The molecule has 0 aromatic heterocycles. The molecule has 0 spiro atoms. The van der Waals surface area contributed by atoms with Crippen LogP contribution in [0, 0.1) is 6.92 Å². The molecule has 0 atom stereocenters. The van der Waals surface area contributed by atoms with E-state index in [1.165, 1.54) is 41.5 Å². The van der Waals surface area contributed by atoms with Gasteiger partial charge in [-0.2, -0.15) is 13.2 Å². The highest BCUT2D eigenvalue weighted by Crippen LogP contribution is 2.36. The molecule has 0 bridgehead atoms. The smallest absolute Gasteiger partial charge is 0.485 e. The van der Waals surface area contributed by atoms with Crippen LogP contribution < -0.4 is 14.2 Å². The molecule has 0 heterocycles. The van der Waals surface area contributed by atoms with E-state index in [1.54, 1.807) is 12.1 Å². The molecule has 72 heavy (non-hydrogen) atoms. The quantitative estimate of drug-likeness (QED) is 0.0743. The molecule has 9 nitrogen and oxygen atoms in total. The van der Waals surface area contributed by atoms with Gasteiger partial charge < -0.3 is 23.3 Å².